The van der Waals surface area contributed by atoms with Gasteiger partial charge in [-0.2, -0.15) is 0 Å². The number of hydrogen-bond acceptors (Lipinski definition) is 7. The van der Waals surface area contributed by atoms with Gasteiger partial charge < -0.3 is 19.3 Å². The Bertz CT molecular complexity index is 1400. The van der Waals surface area contributed by atoms with Crippen LogP contribution in [0.2, 0.25) is 5.02 Å². The monoisotopic (exact) mass is 535 g/mol. The summed E-state index contributed by atoms with van der Waals surface area (Å²) >= 11 is 6.21. The van der Waals surface area contributed by atoms with E-state index < -0.39 is 23.7 Å². The summed E-state index contributed by atoms with van der Waals surface area (Å²) in [4.78, 5) is 39.7. The number of hydrogen-bond donors (Lipinski definition) is 1. The average molecular weight is 536 g/mol. The summed E-state index contributed by atoms with van der Waals surface area (Å²) in [6.07, 6.45) is 0.0657. The molecule has 3 aromatic carbocycles. The number of esters is 1. The molecule has 0 aliphatic carbocycles. The van der Waals surface area contributed by atoms with E-state index in [4.69, 9.17) is 25.8 Å². The van der Waals surface area contributed by atoms with Crippen molar-refractivity contribution in [1.82, 2.24) is 0 Å². The minimum absolute atomic E-state index is 0.0657. The van der Waals surface area contributed by atoms with Crippen molar-refractivity contribution in [3.63, 3.8) is 0 Å². The van der Waals surface area contributed by atoms with E-state index in [1.807, 2.05) is 0 Å². The molecule has 1 saturated heterocycles. The topological polar surface area (TPSA) is 102 Å². The van der Waals surface area contributed by atoms with E-state index in [0.29, 0.717) is 39.9 Å². The summed E-state index contributed by atoms with van der Waals surface area (Å²) in [6, 6.07) is 17.3. The van der Waals surface area contributed by atoms with Crippen molar-refractivity contribution < 1.29 is 33.7 Å². The van der Waals surface area contributed by atoms with Gasteiger partial charge in [0.25, 0.3) is 11.7 Å². The van der Waals surface area contributed by atoms with Crippen molar-refractivity contribution in [2.24, 2.45) is 0 Å². The molecule has 0 bridgehead atoms. The number of aliphatic hydroxyl groups excluding tert-OH is 1. The van der Waals surface area contributed by atoms with Crippen LogP contribution in [-0.2, 0) is 25.5 Å². The van der Waals surface area contributed by atoms with Crippen LogP contribution in [0.1, 0.15) is 29.7 Å². The molecule has 8 nitrogen and oxygen atoms in total. The smallest absolute Gasteiger partial charge is 0.309 e. The SMILES string of the molecule is CCOc1cc(/C(O)=C2/C(=O)C(=O)N(c3ccc(CC(=O)OC)cc3)C2c2ccc(OC)cc2)ccc1Cl. The van der Waals surface area contributed by atoms with Gasteiger partial charge in [0.2, 0.25) is 0 Å². The molecule has 1 heterocycles. The van der Waals surface area contributed by atoms with Gasteiger partial charge in [-0.25, -0.2) is 0 Å². The van der Waals surface area contributed by atoms with Crippen molar-refractivity contribution in [2.45, 2.75) is 19.4 Å². The van der Waals surface area contributed by atoms with Gasteiger partial charge in [-0.15, -0.1) is 0 Å². The number of ether oxygens (including phenoxy) is 3. The lowest BCUT2D eigenvalue weighted by molar-refractivity contribution is -0.139. The normalized spacial score (nSPS) is 16.4. The fourth-order valence-electron chi connectivity index (χ4n) is 4.29. The zero-order valence-electron chi connectivity index (χ0n) is 21.1. The predicted octanol–water partition coefficient (Wildman–Crippen LogP) is 5.09. The number of Topliss-reactive ketones (excluding diaryl/α,β-unsaturated/α-hetero) is 1. The quantitative estimate of drug-likeness (QED) is 0.185. The number of aliphatic hydroxyl groups is 1. The van der Waals surface area contributed by atoms with Gasteiger partial charge in [-0.1, -0.05) is 35.9 Å². The Labute approximate surface area is 225 Å². The van der Waals surface area contributed by atoms with Crippen LogP contribution in [0.5, 0.6) is 11.5 Å². The van der Waals surface area contributed by atoms with Gasteiger partial charge in [0, 0.05) is 11.3 Å². The fraction of sp³-hybridized carbons (Fsp3) is 0.207. The molecule has 1 fully saturated rings. The predicted molar refractivity (Wildman–Crippen MR) is 143 cm³/mol. The van der Waals surface area contributed by atoms with E-state index in [1.165, 1.54) is 25.2 Å². The van der Waals surface area contributed by atoms with Crippen molar-refractivity contribution in [3.05, 3.63) is 94.0 Å². The molecule has 0 saturated carbocycles. The van der Waals surface area contributed by atoms with Crippen molar-refractivity contribution in [1.29, 1.82) is 0 Å². The van der Waals surface area contributed by atoms with Crippen LogP contribution in [0, 0.1) is 0 Å². The zero-order chi connectivity index (χ0) is 27.4. The number of anilines is 1. The standard InChI is InChI=1S/C29H26ClNO7/c1-4-38-23-16-19(9-14-22(23)30)27(33)25-26(18-7-12-21(36-2)13-8-18)31(29(35)28(25)34)20-10-5-17(6-11-20)15-24(32)37-3/h5-14,16,26,33H,4,15H2,1-3H3/b27-25-. The zero-order valence-corrected chi connectivity index (χ0v) is 21.8. The molecule has 1 unspecified atom stereocenters. The van der Waals surface area contributed by atoms with E-state index in [0.717, 1.165) is 0 Å². The number of benzene rings is 3. The molecular weight excluding hydrogens is 510 g/mol. The van der Waals surface area contributed by atoms with Gasteiger partial charge in [0.1, 0.15) is 17.3 Å². The molecule has 1 aliphatic heterocycles. The van der Waals surface area contributed by atoms with Crippen LogP contribution < -0.4 is 14.4 Å². The van der Waals surface area contributed by atoms with Gasteiger partial charge in [0.05, 0.1) is 43.9 Å². The summed E-state index contributed by atoms with van der Waals surface area (Å²) in [6.45, 7) is 2.15. The Morgan fingerprint density at radius 1 is 1.00 bits per heavy atom. The second-order valence-corrected chi connectivity index (χ2v) is 8.85. The molecule has 9 heteroatoms. The van der Waals surface area contributed by atoms with Crippen molar-refractivity contribution in [3.8, 4) is 11.5 Å². The molecule has 3 aromatic rings. The summed E-state index contributed by atoms with van der Waals surface area (Å²) < 4.78 is 15.5. The number of carbonyl (C=O) groups excluding carboxylic acids is 3. The lowest BCUT2D eigenvalue weighted by Crippen LogP contribution is -2.29. The van der Waals surface area contributed by atoms with Crippen LogP contribution in [0.4, 0.5) is 5.69 Å². The average Bonchev–Trinajstić information content (AvgIpc) is 3.20. The number of amides is 1. The lowest BCUT2D eigenvalue weighted by atomic mass is 9.95. The largest absolute Gasteiger partial charge is 0.507 e. The molecule has 196 valence electrons. The number of nitrogens with zero attached hydrogens (tertiary/aromatic N) is 1. The highest BCUT2D eigenvalue weighted by Crippen LogP contribution is 2.43. The third-order valence-electron chi connectivity index (χ3n) is 6.17. The highest BCUT2D eigenvalue weighted by atomic mass is 35.5. The first-order valence-electron chi connectivity index (χ1n) is 11.8. The Morgan fingerprint density at radius 2 is 1.68 bits per heavy atom. The third-order valence-corrected chi connectivity index (χ3v) is 6.48. The van der Waals surface area contributed by atoms with E-state index in [9.17, 15) is 19.5 Å². The van der Waals surface area contributed by atoms with Gasteiger partial charge in [-0.05, 0) is 60.5 Å². The second kappa shape index (κ2) is 11.4. The number of carbonyl (C=O) groups is 3. The van der Waals surface area contributed by atoms with Gasteiger partial charge in [-0.3, -0.25) is 19.3 Å². The van der Waals surface area contributed by atoms with Crippen molar-refractivity contribution in [2.75, 3.05) is 25.7 Å². The summed E-state index contributed by atoms with van der Waals surface area (Å²) in [5, 5.41) is 11.7. The minimum Gasteiger partial charge on any atom is -0.507 e. The molecule has 0 spiro atoms. The Morgan fingerprint density at radius 3 is 2.29 bits per heavy atom. The molecule has 38 heavy (non-hydrogen) atoms. The number of rotatable bonds is 8. The van der Waals surface area contributed by atoms with Crippen LogP contribution in [0.3, 0.4) is 0 Å². The van der Waals surface area contributed by atoms with E-state index in [-0.39, 0.29) is 23.3 Å². The maximum absolute atomic E-state index is 13.4. The molecule has 0 radical (unpaired) electrons. The molecule has 1 atom stereocenters. The molecule has 1 aliphatic rings. The summed E-state index contributed by atoms with van der Waals surface area (Å²) in [7, 11) is 2.84. The first-order valence-corrected chi connectivity index (χ1v) is 12.2. The molecule has 4 rings (SSSR count). The molecular formula is C29H26ClNO7. The van der Waals surface area contributed by atoms with Gasteiger partial charge >= 0.3 is 5.97 Å². The maximum atomic E-state index is 13.4. The maximum Gasteiger partial charge on any atom is 0.309 e. The Balaban J connectivity index is 1.85. The first kappa shape index (κ1) is 26.8. The summed E-state index contributed by atoms with van der Waals surface area (Å²) in [5.74, 6) is -1.45. The highest BCUT2D eigenvalue weighted by Gasteiger charge is 2.47. The van der Waals surface area contributed by atoms with Crippen LogP contribution in [-0.4, -0.2) is 43.6 Å². The molecule has 1 N–H and O–H groups in total. The number of methoxy groups -OCH3 is 2. The Kier molecular flexibility index (Phi) is 8.02. The number of ketones is 1. The molecule has 1 amide bonds. The number of halogens is 1. The minimum atomic E-state index is -0.932. The first-order chi connectivity index (χ1) is 18.3. The van der Waals surface area contributed by atoms with Crippen molar-refractivity contribution >= 4 is 40.7 Å². The van der Waals surface area contributed by atoms with E-state index in [1.54, 1.807) is 67.6 Å². The Hall–Kier alpha value is -4.30. The molecule has 0 aromatic heterocycles. The van der Waals surface area contributed by atoms with Gasteiger partial charge in [0.15, 0.2) is 0 Å². The summed E-state index contributed by atoms with van der Waals surface area (Å²) in [5.41, 5.74) is 1.89. The van der Waals surface area contributed by atoms with E-state index in [2.05, 4.69) is 0 Å². The van der Waals surface area contributed by atoms with Crippen LogP contribution in [0.25, 0.3) is 5.76 Å². The van der Waals surface area contributed by atoms with Crippen LogP contribution in [0.15, 0.2) is 72.3 Å². The third kappa shape index (κ3) is 5.21. The van der Waals surface area contributed by atoms with Crippen LogP contribution >= 0.6 is 11.6 Å². The fourth-order valence-corrected chi connectivity index (χ4v) is 4.46. The second-order valence-electron chi connectivity index (χ2n) is 8.44. The van der Waals surface area contributed by atoms with E-state index >= 15 is 0 Å². The highest BCUT2D eigenvalue weighted by molar-refractivity contribution is 6.51. The lowest BCUT2D eigenvalue weighted by Gasteiger charge is -2.26.